The molecule has 0 unspecified atom stereocenters. The van der Waals surface area contributed by atoms with Gasteiger partial charge in [-0.2, -0.15) is 0 Å². The molecule has 0 radical (unpaired) electrons. The van der Waals surface area contributed by atoms with E-state index >= 15 is 0 Å². The highest BCUT2D eigenvalue weighted by Gasteiger charge is 2.19. The van der Waals surface area contributed by atoms with E-state index in [2.05, 4.69) is 10.5 Å². The molecule has 148 valence electrons. The zero-order chi connectivity index (χ0) is 20.2. The van der Waals surface area contributed by atoms with Crippen molar-refractivity contribution < 1.29 is 18.8 Å². The van der Waals surface area contributed by atoms with Crippen LogP contribution in [0.4, 0.5) is 5.69 Å². The van der Waals surface area contributed by atoms with E-state index in [-0.39, 0.29) is 11.7 Å². The van der Waals surface area contributed by atoms with Crippen LogP contribution in [0.3, 0.4) is 0 Å². The smallest absolute Gasteiger partial charge is 0.294 e. The zero-order valence-electron chi connectivity index (χ0n) is 15.4. The number of ether oxygens (including phenoxy) is 1. The molecule has 4 rings (SSSR count). The molecule has 1 saturated heterocycles. The Morgan fingerprint density at radius 2 is 1.83 bits per heavy atom. The number of nitrogens with one attached hydrogen (secondary N) is 1. The Hall–Kier alpha value is -3.16. The van der Waals surface area contributed by atoms with Crippen LogP contribution in [0.25, 0.3) is 11.3 Å². The first-order chi connectivity index (χ1) is 14.1. The summed E-state index contributed by atoms with van der Waals surface area (Å²) in [4.78, 5) is 26.9. The summed E-state index contributed by atoms with van der Waals surface area (Å²) in [5, 5.41) is 7.24. The molecule has 0 atom stereocenters. The van der Waals surface area contributed by atoms with Crippen LogP contribution in [0.1, 0.15) is 20.9 Å². The predicted octanol–water partition coefficient (Wildman–Crippen LogP) is 3.72. The van der Waals surface area contributed by atoms with E-state index in [1.807, 2.05) is 6.07 Å². The van der Waals surface area contributed by atoms with Gasteiger partial charge in [0.15, 0.2) is 0 Å². The monoisotopic (exact) mass is 411 g/mol. The molecule has 0 spiro atoms. The second kappa shape index (κ2) is 8.46. The van der Waals surface area contributed by atoms with Crippen molar-refractivity contribution in [2.45, 2.75) is 0 Å². The summed E-state index contributed by atoms with van der Waals surface area (Å²) in [6.07, 6.45) is 0. The van der Waals surface area contributed by atoms with E-state index in [1.54, 1.807) is 53.4 Å². The third-order valence-electron chi connectivity index (χ3n) is 4.52. The zero-order valence-corrected chi connectivity index (χ0v) is 16.2. The Kier molecular flexibility index (Phi) is 5.59. The molecule has 0 bridgehead atoms. The summed E-state index contributed by atoms with van der Waals surface area (Å²) >= 11 is 5.99. The SMILES string of the molecule is O=C(Nc1cccc(C(=O)N2CCOCC2)c1)c1cc(-c2cccc(Cl)c2)no1. The molecular weight excluding hydrogens is 394 g/mol. The molecule has 0 saturated carbocycles. The first kappa shape index (κ1) is 19.2. The minimum atomic E-state index is -0.457. The van der Waals surface area contributed by atoms with Crippen molar-refractivity contribution in [3.05, 3.63) is 70.9 Å². The average Bonchev–Trinajstić information content (AvgIpc) is 3.25. The molecular formula is C21H18ClN3O4. The molecule has 1 N–H and O–H groups in total. The van der Waals surface area contributed by atoms with Gasteiger partial charge in [-0.1, -0.05) is 35.0 Å². The van der Waals surface area contributed by atoms with Crippen LogP contribution >= 0.6 is 11.6 Å². The van der Waals surface area contributed by atoms with E-state index in [1.165, 1.54) is 0 Å². The van der Waals surface area contributed by atoms with E-state index < -0.39 is 5.91 Å². The third kappa shape index (κ3) is 4.47. The maximum absolute atomic E-state index is 12.6. The molecule has 1 fully saturated rings. The summed E-state index contributed by atoms with van der Waals surface area (Å²) in [7, 11) is 0. The first-order valence-electron chi connectivity index (χ1n) is 9.11. The van der Waals surface area contributed by atoms with E-state index in [9.17, 15) is 9.59 Å². The first-order valence-corrected chi connectivity index (χ1v) is 9.49. The van der Waals surface area contributed by atoms with Crippen molar-refractivity contribution >= 4 is 29.1 Å². The number of hydrogen-bond acceptors (Lipinski definition) is 5. The van der Waals surface area contributed by atoms with Gasteiger partial charge in [0.1, 0.15) is 5.69 Å². The van der Waals surface area contributed by atoms with Crippen LogP contribution in [-0.4, -0.2) is 48.2 Å². The molecule has 29 heavy (non-hydrogen) atoms. The summed E-state index contributed by atoms with van der Waals surface area (Å²) < 4.78 is 10.4. The Labute approximate surface area is 172 Å². The molecule has 2 amide bonds. The van der Waals surface area contributed by atoms with Gasteiger partial charge >= 0.3 is 0 Å². The number of morpholine rings is 1. The summed E-state index contributed by atoms with van der Waals surface area (Å²) in [6.45, 7) is 2.17. The number of carbonyl (C=O) groups excluding carboxylic acids is 2. The molecule has 1 aliphatic heterocycles. The van der Waals surface area contributed by atoms with Crippen LogP contribution in [0, 0.1) is 0 Å². The molecule has 7 nitrogen and oxygen atoms in total. The van der Waals surface area contributed by atoms with Crippen LogP contribution in [-0.2, 0) is 4.74 Å². The molecule has 2 aromatic carbocycles. The van der Waals surface area contributed by atoms with Crippen LogP contribution in [0.15, 0.2) is 59.1 Å². The normalized spacial score (nSPS) is 13.9. The number of halogens is 1. The lowest BCUT2D eigenvalue weighted by molar-refractivity contribution is 0.0303. The van der Waals surface area contributed by atoms with Crippen molar-refractivity contribution in [1.29, 1.82) is 0 Å². The second-order valence-electron chi connectivity index (χ2n) is 6.53. The van der Waals surface area contributed by atoms with Gasteiger partial charge < -0.3 is 19.5 Å². The predicted molar refractivity (Wildman–Crippen MR) is 108 cm³/mol. The number of hydrogen-bond donors (Lipinski definition) is 1. The van der Waals surface area contributed by atoms with Gasteiger partial charge in [0.2, 0.25) is 5.76 Å². The maximum atomic E-state index is 12.6. The van der Waals surface area contributed by atoms with E-state index in [0.29, 0.717) is 48.3 Å². The number of anilines is 1. The topological polar surface area (TPSA) is 84.7 Å². The molecule has 2 heterocycles. The summed E-state index contributed by atoms with van der Waals surface area (Å²) in [6, 6.07) is 15.5. The van der Waals surface area contributed by atoms with E-state index in [0.717, 1.165) is 5.56 Å². The Balaban J connectivity index is 1.47. The standard InChI is InChI=1S/C21H18ClN3O4/c22-16-5-1-3-14(11-16)18-13-19(29-24-18)20(26)23-17-6-2-4-15(12-17)21(27)25-7-9-28-10-8-25/h1-6,11-13H,7-10H2,(H,23,26). The fourth-order valence-electron chi connectivity index (χ4n) is 3.04. The van der Waals surface area contributed by atoms with Gasteiger partial charge in [-0.25, -0.2) is 0 Å². The van der Waals surface area contributed by atoms with Gasteiger partial charge in [0, 0.05) is 41.0 Å². The number of amides is 2. The average molecular weight is 412 g/mol. The van der Waals surface area contributed by atoms with Gasteiger partial charge in [-0.15, -0.1) is 0 Å². The maximum Gasteiger partial charge on any atom is 0.294 e. The van der Waals surface area contributed by atoms with Gasteiger partial charge in [0.05, 0.1) is 13.2 Å². The number of benzene rings is 2. The summed E-state index contributed by atoms with van der Waals surface area (Å²) in [5.41, 5.74) is 2.25. The lowest BCUT2D eigenvalue weighted by Crippen LogP contribution is -2.40. The number of aromatic nitrogens is 1. The third-order valence-corrected chi connectivity index (χ3v) is 4.76. The highest BCUT2D eigenvalue weighted by atomic mass is 35.5. The number of nitrogens with zero attached hydrogens (tertiary/aromatic N) is 2. The van der Waals surface area contributed by atoms with Crippen molar-refractivity contribution in [1.82, 2.24) is 10.1 Å². The summed E-state index contributed by atoms with van der Waals surface area (Å²) in [5.74, 6) is -0.487. The van der Waals surface area contributed by atoms with Crippen LogP contribution < -0.4 is 5.32 Å². The molecule has 3 aromatic rings. The van der Waals surface area contributed by atoms with Crippen LogP contribution in [0.5, 0.6) is 0 Å². The molecule has 1 aliphatic rings. The lowest BCUT2D eigenvalue weighted by atomic mass is 10.1. The number of carbonyl (C=O) groups is 2. The van der Waals surface area contributed by atoms with Gasteiger partial charge in [-0.05, 0) is 30.3 Å². The fourth-order valence-corrected chi connectivity index (χ4v) is 3.23. The molecule has 0 aliphatic carbocycles. The van der Waals surface area contributed by atoms with Gasteiger partial charge in [-0.3, -0.25) is 9.59 Å². The Bertz CT molecular complexity index is 1040. The van der Waals surface area contributed by atoms with Crippen molar-refractivity contribution in [3.63, 3.8) is 0 Å². The second-order valence-corrected chi connectivity index (χ2v) is 6.96. The number of rotatable bonds is 4. The Morgan fingerprint density at radius 3 is 2.62 bits per heavy atom. The van der Waals surface area contributed by atoms with Crippen molar-refractivity contribution in [2.24, 2.45) is 0 Å². The Morgan fingerprint density at radius 1 is 1.03 bits per heavy atom. The minimum Gasteiger partial charge on any atom is -0.378 e. The highest BCUT2D eigenvalue weighted by molar-refractivity contribution is 6.30. The van der Waals surface area contributed by atoms with Crippen LogP contribution in [0.2, 0.25) is 5.02 Å². The van der Waals surface area contributed by atoms with Gasteiger partial charge in [0.25, 0.3) is 11.8 Å². The van der Waals surface area contributed by atoms with Crippen molar-refractivity contribution in [3.8, 4) is 11.3 Å². The molecule has 1 aromatic heterocycles. The quantitative estimate of drug-likeness (QED) is 0.707. The minimum absolute atomic E-state index is 0.0601. The van der Waals surface area contributed by atoms with Crippen molar-refractivity contribution in [2.75, 3.05) is 31.6 Å². The molecule has 8 heteroatoms. The largest absolute Gasteiger partial charge is 0.378 e. The highest BCUT2D eigenvalue weighted by Crippen LogP contribution is 2.23. The van der Waals surface area contributed by atoms with E-state index in [4.69, 9.17) is 20.9 Å². The lowest BCUT2D eigenvalue weighted by Gasteiger charge is -2.27. The fraction of sp³-hybridized carbons (Fsp3) is 0.190.